The van der Waals surface area contributed by atoms with Crippen molar-refractivity contribution in [3.05, 3.63) is 41.3 Å². The first-order valence-corrected chi connectivity index (χ1v) is 9.64. The van der Waals surface area contributed by atoms with Crippen molar-refractivity contribution in [2.75, 3.05) is 17.2 Å². The Morgan fingerprint density at radius 2 is 2.03 bits per heavy atom. The number of nitriles is 1. The van der Waals surface area contributed by atoms with Crippen LogP contribution >= 0.6 is 0 Å². The molecule has 0 atom stereocenters. The zero-order valence-electron chi connectivity index (χ0n) is 16.2. The van der Waals surface area contributed by atoms with Gasteiger partial charge in [-0.15, -0.1) is 0 Å². The fourth-order valence-electron chi connectivity index (χ4n) is 3.40. The number of pyridine rings is 1. The molecule has 3 rings (SSSR count). The number of aliphatic hydroxyl groups is 1. The Hall–Kier alpha value is -2.86. The third-order valence-electron chi connectivity index (χ3n) is 4.95. The number of rotatable bonds is 7. The Morgan fingerprint density at radius 1 is 1.28 bits per heavy atom. The lowest BCUT2D eigenvalue weighted by atomic mass is 9.93. The van der Waals surface area contributed by atoms with E-state index in [1.165, 1.54) is 24.5 Å². The molecule has 0 amide bonds. The minimum atomic E-state index is -2.96. The molecular weight excluding hydrogens is 378 g/mol. The zero-order valence-corrected chi connectivity index (χ0v) is 16.2. The van der Waals surface area contributed by atoms with Crippen molar-refractivity contribution in [3.8, 4) is 6.07 Å². The minimum absolute atomic E-state index is 0.0932. The normalized spacial score (nSPS) is 19.4. The Kier molecular flexibility index (Phi) is 6.54. The van der Waals surface area contributed by atoms with E-state index in [0.717, 1.165) is 19.8 Å². The zero-order chi connectivity index (χ0) is 20.9. The Balaban J connectivity index is 1.64. The summed E-state index contributed by atoms with van der Waals surface area (Å²) in [6, 6.07) is 5.08. The van der Waals surface area contributed by atoms with Crippen LogP contribution in [0.3, 0.4) is 0 Å². The molecule has 0 aromatic carbocycles. The standard InChI is InChI=1S/C20H24F2N6O/c1-20(21,22)16-3-2-9-24-17(16)8-10-25-19-26-12-13(11-23)18(28-19)27-14-4-6-15(29)7-5-14/h2-3,9,12,14-15,29H,4-8,10H2,1H3,(H2,25,26,27,28). The molecule has 0 radical (unpaired) electrons. The van der Waals surface area contributed by atoms with E-state index in [2.05, 4.69) is 31.7 Å². The number of nitrogens with one attached hydrogen (secondary N) is 2. The quantitative estimate of drug-likeness (QED) is 0.653. The van der Waals surface area contributed by atoms with Gasteiger partial charge in [0, 0.05) is 37.7 Å². The largest absolute Gasteiger partial charge is 0.393 e. The van der Waals surface area contributed by atoms with Gasteiger partial charge in [-0.1, -0.05) is 0 Å². The summed E-state index contributed by atoms with van der Waals surface area (Å²) in [5.41, 5.74) is 0.559. The van der Waals surface area contributed by atoms with Gasteiger partial charge in [-0.3, -0.25) is 4.98 Å². The topological polar surface area (TPSA) is 107 Å². The fraction of sp³-hybridized carbons (Fsp3) is 0.500. The van der Waals surface area contributed by atoms with E-state index in [9.17, 15) is 19.1 Å². The van der Waals surface area contributed by atoms with E-state index < -0.39 is 5.92 Å². The number of nitrogens with zero attached hydrogens (tertiary/aromatic N) is 4. The van der Waals surface area contributed by atoms with Crippen LogP contribution in [-0.2, 0) is 12.3 Å². The van der Waals surface area contributed by atoms with Crippen LogP contribution in [0.15, 0.2) is 24.5 Å². The molecule has 1 fully saturated rings. The average molecular weight is 402 g/mol. The minimum Gasteiger partial charge on any atom is -0.393 e. The predicted octanol–water partition coefficient (Wildman–Crippen LogP) is 3.22. The molecule has 0 aliphatic heterocycles. The third-order valence-corrected chi connectivity index (χ3v) is 4.95. The van der Waals surface area contributed by atoms with Crippen molar-refractivity contribution in [2.45, 2.75) is 57.1 Å². The second-order valence-electron chi connectivity index (χ2n) is 7.28. The van der Waals surface area contributed by atoms with Crippen molar-refractivity contribution in [2.24, 2.45) is 0 Å². The van der Waals surface area contributed by atoms with Crippen LogP contribution in [0.5, 0.6) is 0 Å². The molecule has 0 spiro atoms. The van der Waals surface area contributed by atoms with Gasteiger partial charge in [-0.05, 0) is 37.8 Å². The van der Waals surface area contributed by atoms with Gasteiger partial charge in [-0.2, -0.15) is 10.2 Å². The summed E-state index contributed by atoms with van der Waals surface area (Å²) in [6.45, 7) is 1.17. The lowest BCUT2D eigenvalue weighted by Crippen LogP contribution is -2.29. The second-order valence-corrected chi connectivity index (χ2v) is 7.28. The highest BCUT2D eigenvalue weighted by Crippen LogP contribution is 2.29. The molecular formula is C20H24F2N6O. The SMILES string of the molecule is CC(F)(F)c1cccnc1CCNc1ncc(C#N)c(NC2CCC(O)CC2)n1. The lowest BCUT2D eigenvalue weighted by molar-refractivity contribution is 0.0161. The maximum Gasteiger partial charge on any atom is 0.272 e. The number of alkyl halides is 2. The fourth-order valence-corrected chi connectivity index (χ4v) is 3.40. The molecule has 2 aromatic rings. The monoisotopic (exact) mass is 402 g/mol. The van der Waals surface area contributed by atoms with Crippen LogP contribution in [0.1, 0.15) is 49.4 Å². The summed E-state index contributed by atoms with van der Waals surface area (Å²) >= 11 is 0. The maximum absolute atomic E-state index is 13.7. The van der Waals surface area contributed by atoms with Gasteiger partial charge < -0.3 is 15.7 Å². The van der Waals surface area contributed by atoms with Crippen LogP contribution in [-0.4, -0.2) is 38.7 Å². The smallest absolute Gasteiger partial charge is 0.272 e. The number of aromatic nitrogens is 3. The van der Waals surface area contributed by atoms with Crippen molar-refractivity contribution < 1.29 is 13.9 Å². The molecule has 29 heavy (non-hydrogen) atoms. The Labute approximate surface area is 168 Å². The summed E-state index contributed by atoms with van der Waals surface area (Å²) in [6.07, 6.45) is 5.96. The van der Waals surface area contributed by atoms with Gasteiger partial charge >= 0.3 is 0 Å². The first-order valence-electron chi connectivity index (χ1n) is 9.64. The molecule has 2 heterocycles. The first kappa shape index (κ1) is 20.9. The van der Waals surface area contributed by atoms with Crippen LogP contribution < -0.4 is 10.6 Å². The summed E-state index contributed by atoms with van der Waals surface area (Å²) in [5.74, 6) is -2.22. The first-order chi connectivity index (χ1) is 13.9. The predicted molar refractivity (Wildman–Crippen MR) is 105 cm³/mol. The van der Waals surface area contributed by atoms with Crippen LogP contribution in [0.2, 0.25) is 0 Å². The van der Waals surface area contributed by atoms with Crippen LogP contribution in [0.4, 0.5) is 20.5 Å². The van der Waals surface area contributed by atoms with Crippen molar-refractivity contribution >= 4 is 11.8 Å². The van der Waals surface area contributed by atoms with E-state index in [-0.39, 0.29) is 24.1 Å². The number of anilines is 2. The van der Waals surface area contributed by atoms with Crippen LogP contribution in [0, 0.1) is 11.3 Å². The van der Waals surface area contributed by atoms with Gasteiger partial charge in [0.25, 0.3) is 5.92 Å². The van der Waals surface area contributed by atoms with E-state index in [1.54, 1.807) is 0 Å². The van der Waals surface area contributed by atoms with Crippen LogP contribution in [0.25, 0.3) is 0 Å². The molecule has 0 unspecified atom stereocenters. The molecule has 154 valence electrons. The summed E-state index contributed by atoms with van der Waals surface area (Å²) in [7, 11) is 0. The van der Waals surface area contributed by atoms with Gasteiger partial charge in [0.1, 0.15) is 17.5 Å². The summed E-state index contributed by atoms with van der Waals surface area (Å²) in [4.78, 5) is 12.6. The third kappa shape index (κ3) is 5.57. The molecule has 1 aliphatic carbocycles. The lowest BCUT2D eigenvalue weighted by Gasteiger charge is -2.26. The molecule has 1 aliphatic rings. The van der Waals surface area contributed by atoms with Gasteiger partial charge in [-0.25, -0.2) is 13.8 Å². The van der Waals surface area contributed by atoms with E-state index in [0.29, 0.717) is 42.4 Å². The number of hydrogen-bond donors (Lipinski definition) is 3. The van der Waals surface area contributed by atoms with Crippen molar-refractivity contribution in [1.82, 2.24) is 15.0 Å². The van der Waals surface area contributed by atoms with E-state index >= 15 is 0 Å². The summed E-state index contributed by atoms with van der Waals surface area (Å²) in [5, 5.41) is 25.2. The summed E-state index contributed by atoms with van der Waals surface area (Å²) < 4.78 is 27.4. The van der Waals surface area contributed by atoms with Gasteiger partial charge in [0.15, 0.2) is 0 Å². The Bertz CT molecular complexity index is 872. The molecule has 2 aromatic heterocycles. The molecule has 7 nitrogen and oxygen atoms in total. The highest BCUT2D eigenvalue weighted by molar-refractivity contribution is 5.54. The number of halogens is 2. The van der Waals surface area contributed by atoms with E-state index in [4.69, 9.17) is 0 Å². The number of aliphatic hydroxyl groups excluding tert-OH is 1. The maximum atomic E-state index is 13.7. The highest BCUT2D eigenvalue weighted by Gasteiger charge is 2.27. The molecule has 9 heteroatoms. The average Bonchev–Trinajstić information content (AvgIpc) is 2.70. The highest BCUT2D eigenvalue weighted by atomic mass is 19.3. The number of hydrogen-bond acceptors (Lipinski definition) is 7. The van der Waals surface area contributed by atoms with E-state index in [1.807, 2.05) is 0 Å². The van der Waals surface area contributed by atoms with Crippen molar-refractivity contribution in [1.29, 1.82) is 5.26 Å². The molecule has 3 N–H and O–H groups in total. The molecule has 0 bridgehead atoms. The van der Waals surface area contributed by atoms with Crippen molar-refractivity contribution in [3.63, 3.8) is 0 Å². The molecule has 0 saturated heterocycles. The Morgan fingerprint density at radius 3 is 2.72 bits per heavy atom. The van der Waals surface area contributed by atoms with Gasteiger partial charge in [0.2, 0.25) is 5.95 Å². The molecule has 1 saturated carbocycles. The second kappa shape index (κ2) is 9.09. The van der Waals surface area contributed by atoms with Gasteiger partial charge in [0.05, 0.1) is 18.0 Å².